The highest BCUT2D eigenvalue weighted by atomic mass is 19.4. The van der Waals surface area contributed by atoms with Crippen molar-refractivity contribution in [3.05, 3.63) is 0 Å². The van der Waals surface area contributed by atoms with Gasteiger partial charge in [-0.15, -0.1) is 0 Å². The van der Waals surface area contributed by atoms with E-state index in [4.69, 9.17) is 0 Å². The molecule has 1 saturated carbocycles. The molecule has 136 valence electrons. The normalized spacial score (nSPS) is 26.9. The van der Waals surface area contributed by atoms with E-state index in [1.165, 1.54) is 0 Å². The molecule has 3 fully saturated rings. The van der Waals surface area contributed by atoms with Gasteiger partial charge in [-0.2, -0.15) is 13.2 Å². The van der Waals surface area contributed by atoms with Crippen LogP contribution in [0.25, 0.3) is 0 Å². The molecule has 1 N–H and O–H groups in total. The predicted octanol–water partition coefficient (Wildman–Crippen LogP) is 0.0458. The first-order valence-corrected chi connectivity index (χ1v) is 8.43. The monoisotopic (exact) mass is 348 g/mol. The molecule has 6 nitrogen and oxygen atoms in total. The van der Waals surface area contributed by atoms with Gasteiger partial charge in [-0.1, -0.05) is 0 Å². The number of halogens is 3. The maximum Gasteiger partial charge on any atom is 0.406 e. The predicted molar refractivity (Wildman–Crippen MR) is 80.2 cm³/mol. The van der Waals surface area contributed by atoms with E-state index < -0.39 is 24.7 Å². The summed E-state index contributed by atoms with van der Waals surface area (Å²) in [6.07, 6.45) is -1.80. The molecular formula is C15H23F3N4O2. The third-order valence-corrected chi connectivity index (χ3v) is 4.80. The summed E-state index contributed by atoms with van der Waals surface area (Å²) in [5, 5.41) is 2.94. The standard InChI is InChI=1S/C15H23F3N4O2/c16-15(17,18)10-22-4-3-12(14(22)24)21-7-5-20(6-8-21)9-13(23)19-11-1-2-11/h11-12H,1-10H2,(H,19,23)/t12-/m0/s1. The molecule has 0 radical (unpaired) electrons. The van der Waals surface area contributed by atoms with Crippen LogP contribution >= 0.6 is 0 Å². The lowest BCUT2D eigenvalue weighted by molar-refractivity contribution is -0.159. The van der Waals surface area contributed by atoms with Gasteiger partial charge in [0.2, 0.25) is 11.8 Å². The van der Waals surface area contributed by atoms with Crippen LogP contribution in [0.3, 0.4) is 0 Å². The van der Waals surface area contributed by atoms with E-state index in [0.29, 0.717) is 45.2 Å². The van der Waals surface area contributed by atoms with Crippen molar-refractivity contribution in [2.75, 3.05) is 45.8 Å². The minimum Gasteiger partial charge on any atom is -0.352 e. The number of carbonyl (C=O) groups excluding carboxylic acids is 2. The highest BCUT2D eigenvalue weighted by molar-refractivity contribution is 5.84. The van der Waals surface area contributed by atoms with Crippen LogP contribution in [-0.4, -0.2) is 90.6 Å². The number of alkyl halides is 3. The number of nitrogens with one attached hydrogen (secondary N) is 1. The second-order valence-corrected chi connectivity index (χ2v) is 6.83. The van der Waals surface area contributed by atoms with Crippen LogP contribution in [0.15, 0.2) is 0 Å². The van der Waals surface area contributed by atoms with Crippen molar-refractivity contribution in [1.29, 1.82) is 0 Å². The Balaban J connectivity index is 1.43. The van der Waals surface area contributed by atoms with Gasteiger partial charge in [0.25, 0.3) is 0 Å². The number of hydrogen-bond donors (Lipinski definition) is 1. The molecule has 0 aromatic heterocycles. The van der Waals surface area contributed by atoms with Crippen molar-refractivity contribution in [3.63, 3.8) is 0 Å². The van der Waals surface area contributed by atoms with Crippen molar-refractivity contribution in [2.24, 2.45) is 0 Å². The molecule has 24 heavy (non-hydrogen) atoms. The van der Waals surface area contributed by atoms with E-state index in [1.54, 1.807) is 0 Å². The quantitative estimate of drug-likeness (QED) is 0.763. The minimum atomic E-state index is -4.35. The lowest BCUT2D eigenvalue weighted by Gasteiger charge is -2.37. The molecule has 1 atom stereocenters. The Bertz CT molecular complexity index is 488. The van der Waals surface area contributed by atoms with Gasteiger partial charge in [0, 0.05) is 38.8 Å². The summed E-state index contributed by atoms with van der Waals surface area (Å²) in [6, 6.07) is -0.107. The Morgan fingerprint density at radius 3 is 2.33 bits per heavy atom. The van der Waals surface area contributed by atoms with Crippen molar-refractivity contribution < 1.29 is 22.8 Å². The van der Waals surface area contributed by atoms with Crippen LogP contribution in [0.4, 0.5) is 13.2 Å². The molecule has 2 aliphatic heterocycles. The van der Waals surface area contributed by atoms with Crippen LogP contribution in [0.5, 0.6) is 0 Å². The number of carbonyl (C=O) groups is 2. The molecule has 0 aromatic rings. The summed E-state index contributed by atoms with van der Waals surface area (Å²) in [5.41, 5.74) is 0. The number of rotatable bonds is 5. The first-order valence-electron chi connectivity index (χ1n) is 8.43. The van der Waals surface area contributed by atoms with Crippen LogP contribution in [0.1, 0.15) is 19.3 Å². The number of piperazine rings is 1. The summed E-state index contributed by atoms with van der Waals surface area (Å²) >= 11 is 0. The van der Waals surface area contributed by atoms with Gasteiger partial charge in [0.1, 0.15) is 6.54 Å². The second-order valence-electron chi connectivity index (χ2n) is 6.83. The van der Waals surface area contributed by atoms with E-state index in [-0.39, 0.29) is 12.5 Å². The van der Waals surface area contributed by atoms with Crippen LogP contribution in [0.2, 0.25) is 0 Å². The van der Waals surface area contributed by atoms with Gasteiger partial charge < -0.3 is 10.2 Å². The fourth-order valence-electron chi connectivity index (χ4n) is 3.37. The lowest BCUT2D eigenvalue weighted by Crippen LogP contribution is -2.54. The molecule has 9 heteroatoms. The van der Waals surface area contributed by atoms with Crippen LogP contribution in [-0.2, 0) is 9.59 Å². The molecule has 1 aliphatic carbocycles. The van der Waals surface area contributed by atoms with Crippen molar-refractivity contribution in [3.8, 4) is 0 Å². The van der Waals surface area contributed by atoms with Crippen molar-refractivity contribution in [2.45, 2.75) is 37.5 Å². The number of nitrogens with zero attached hydrogens (tertiary/aromatic N) is 3. The first-order chi connectivity index (χ1) is 11.3. The molecule has 2 saturated heterocycles. The van der Waals surface area contributed by atoms with E-state index >= 15 is 0 Å². The summed E-state index contributed by atoms with van der Waals surface area (Å²) in [7, 11) is 0. The average molecular weight is 348 g/mol. The zero-order valence-corrected chi connectivity index (χ0v) is 13.5. The maximum atomic E-state index is 12.5. The van der Waals surface area contributed by atoms with Gasteiger partial charge in [-0.25, -0.2) is 0 Å². The van der Waals surface area contributed by atoms with Gasteiger partial charge in [0.05, 0.1) is 12.6 Å². The Kier molecular flexibility index (Phi) is 5.00. The third kappa shape index (κ3) is 4.60. The van der Waals surface area contributed by atoms with Crippen molar-refractivity contribution in [1.82, 2.24) is 20.0 Å². The van der Waals surface area contributed by atoms with E-state index in [2.05, 4.69) is 5.32 Å². The zero-order chi connectivity index (χ0) is 17.3. The third-order valence-electron chi connectivity index (χ3n) is 4.80. The van der Waals surface area contributed by atoms with Crippen molar-refractivity contribution >= 4 is 11.8 Å². The lowest BCUT2D eigenvalue weighted by atomic mass is 10.2. The van der Waals surface area contributed by atoms with E-state index in [9.17, 15) is 22.8 Å². The van der Waals surface area contributed by atoms with Gasteiger partial charge >= 0.3 is 6.18 Å². The Morgan fingerprint density at radius 2 is 1.75 bits per heavy atom. The fraction of sp³-hybridized carbons (Fsp3) is 0.867. The Hall–Kier alpha value is -1.35. The highest BCUT2D eigenvalue weighted by Crippen LogP contribution is 2.24. The average Bonchev–Trinajstić information content (AvgIpc) is 3.23. The molecule has 0 unspecified atom stereocenters. The fourth-order valence-corrected chi connectivity index (χ4v) is 3.37. The Morgan fingerprint density at radius 1 is 1.08 bits per heavy atom. The molecule has 0 bridgehead atoms. The summed E-state index contributed by atoms with van der Waals surface area (Å²) in [5.74, 6) is -0.397. The molecule has 0 aromatic carbocycles. The van der Waals surface area contributed by atoms with E-state index in [1.807, 2.05) is 9.80 Å². The molecule has 2 heterocycles. The van der Waals surface area contributed by atoms with Crippen LogP contribution < -0.4 is 5.32 Å². The molecular weight excluding hydrogens is 325 g/mol. The smallest absolute Gasteiger partial charge is 0.352 e. The second kappa shape index (κ2) is 6.87. The molecule has 0 spiro atoms. The zero-order valence-electron chi connectivity index (χ0n) is 13.5. The summed E-state index contributed by atoms with van der Waals surface area (Å²) < 4.78 is 37.4. The molecule has 3 rings (SSSR count). The first kappa shape index (κ1) is 17.5. The number of amides is 2. The largest absolute Gasteiger partial charge is 0.406 e. The van der Waals surface area contributed by atoms with Gasteiger partial charge in [-0.05, 0) is 19.3 Å². The molecule has 3 aliphatic rings. The van der Waals surface area contributed by atoms with E-state index in [0.717, 1.165) is 17.7 Å². The highest BCUT2D eigenvalue weighted by Gasteiger charge is 2.42. The number of likely N-dealkylation sites (tertiary alicyclic amines) is 1. The van der Waals surface area contributed by atoms with Gasteiger partial charge in [0.15, 0.2) is 0 Å². The Labute approximate surface area is 138 Å². The summed E-state index contributed by atoms with van der Waals surface area (Å²) in [4.78, 5) is 28.9. The minimum absolute atomic E-state index is 0.0271. The summed E-state index contributed by atoms with van der Waals surface area (Å²) in [6.45, 7) is 1.86. The molecule has 2 amide bonds. The van der Waals surface area contributed by atoms with Gasteiger partial charge in [-0.3, -0.25) is 19.4 Å². The topological polar surface area (TPSA) is 55.9 Å². The van der Waals surface area contributed by atoms with Crippen LogP contribution in [0, 0.1) is 0 Å². The SMILES string of the molecule is O=C(CN1CCN([C@H]2CCN(CC(F)(F)F)C2=O)CC1)NC1CC1. The maximum absolute atomic E-state index is 12.5. The number of hydrogen-bond acceptors (Lipinski definition) is 4.